The van der Waals surface area contributed by atoms with E-state index in [0.29, 0.717) is 12.3 Å². The Kier molecular flexibility index (Phi) is 2.93. The number of amides is 1. The van der Waals surface area contributed by atoms with Gasteiger partial charge in [0, 0.05) is 29.1 Å². The molecule has 1 amide bonds. The van der Waals surface area contributed by atoms with Gasteiger partial charge in [0.05, 0.1) is 5.92 Å². The molecule has 0 N–H and O–H groups in total. The number of carbonyl (C=O) groups is 2. The number of para-hydroxylation sites is 2. The Hall–Kier alpha value is -2.88. The molecule has 124 valence electrons. The van der Waals surface area contributed by atoms with Crippen molar-refractivity contribution in [3.63, 3.8) is 0 Å². The predicted octanol–water partition coefficient (Wildman–Crippen LogP) is 3.87. The van der Waals surface area contributed by atoms with E-state index in [0.717, 1.165) is 22.2 Å². The standard InChI is InChI=1S/C21H17NO3/c1-12-17-14-9-5-6-10-16(14)25-20(17)18-15(19(12)23)11-22(21(18)24)13-7-3-2-4-8-13/h2-10,12,15,18H,11H2,1H3/t12-,15-,18+/m0/s1. The lowest BCUT2D eigenvalue weighted by Crippen LogP contribution is -2.31. The van der Waals surface area contributed by atoms with E-state index in [1.54, 1.807) is 4.90 Å². The number of furan rings is 1. The van der Waals surface area contributed by atoms with Gasteiger partial charge in [0.15, 0.2) is 0 Å². The summed E-state index contributed by atoms with van der Waals surface area (Å²) in [5.41, 5.74) is 2.48. The summed E-state index contributed by atoms with van der Waals surface area (Å²) in [6, 6.07) is 17.3. The maximum Gasteiger partial charge on any atom is 0.238 e. The number of carbonyl (C=O) groups excluding carboxylic acids is 2. The number of Topliss-reactive ketones (excluding diaryl/α,β-unsaturated/α-hetero) is 1. The molecule has 2 aliphatic rings. The molecule has 0 saturated carbocycles. The van der Waals surface area contributed by atoms with Crippen LogP contribution in [0.5, 0.6) is 0 Å². The van der Waals surface area contributed by atoms with Crippen LogP contribution >= 0.6 is 0 Å². The Bertz CT molecular complexity index is 1000. The van der Waals surface area contributed by atoms with Crippen LogP contribution in [-0.4, -0.2) is 18.2 Å². The van der Waals surface area contributed by atoms with Gasteiger partial charge in [-0.2, -0.15) is 0 Å². The summed E-state index contributed by atoms with van der Waals surface area (Å²) in [6.07, 6.45) is 0. The average Bonchev–Trinajstić information content (AvgIpc) is 3.18. The monoisotopic (exact) mass is 331 g/mol. The topological polar surface area (TPSA) is 50.5 Å². The minimum absolute atomic E-state index is 0.0447. The largest absolute Gasteiger partial charge is 0.460 e. The summed E-state index contributed by atoms with van der Waals surface area (Å²) in [5.74, 6) is -0.320. The van der Waals surface area contributed by atoms with Gasteiger partial charge in [0.1, 0.15) is 23.0 Å². The highest BCUT2D eigenvalue weighted by Crippen LogP contribution is 2.49. The summed E-state index contributed by atoms with van der Waals surface area (Å²) >= 11 is 0. The van der Waals surface area contributed by atoms with Gasteiger partial charge in [-0.1, -0.05) is 43.3 Å². The molecule has 1 fully saturated rings. The predicted molar refractivity (Wildman–Crippen MR) is 94.7 cm³/mol. The lowest BCUT2D eigenvalue weighted by atomic mass is 9.74. The number of ketones is 1. The van der Waals surface area contributed by atoms with Gasteiger partial charge in [-0.15, -0.1) is 0 Å². The summed E-state index contributed by atoms with van der Waals surface area (Å²) in [4.78, 5) is 27.9. The lowest BCUT2D eigenvalue weighted by molar-refractivity contribution is -0.128. The number of benzene rings is 2. The van der Waals surface area contributed by atoms with E-state index in [-0.39, 0.29) is 23.5 Å². The van der Waals surface area contributed by atoms with E-state index in [1.807, 2.05) is 61.5 Å². The molecule has 25 heavy (non-hydrogen) atoms. The van der Waals surface area contributed by atoms with Gasteiger partial charge in [-0.25, -0.2) is 0 Å². The van der Waals surface area contributed by atoms with Crippen molar-refractivity contribution in [1.29, 1.82) is 0 Å². The lowest BCUT2D eigenvalue weighted by Gasteiger charge is -2.25. The molecule has 1 saturated heterocycles. The van der Waals surface area contributed by atoms with Crippen molar-refractivity contribution >= 4 is 28.3 Å². The molecule has 1 aliphatic heterocycles. The maximum absolute atomic E-state index is 13.1. The first-order valence-electron chi connectivity index (χ1n) is 8.58. The third-order valence-corrected chi connectivity index (χ3v) is 5.55. The third kappa shape index (κ3) is 1.88. The molecule has 4 heteroatoms. The van der Waals surface area contributed by atoms with Crippen LogP contribution in [0.1, 0.15) is 30.1 Å². The van der Waals surface area contributed by atoms with Crippen molar-refractivity contribution in [3.8, 4) is 0 Å². The Morgan fingerprint density at radius 1 is 1.00 bits per heavy atom. The Labute approximate surface area is 145 Å². The molecule has 0 spiro atoms. The van der Waals surface area contributed by atoms with Crippen LogP contribution in [0.25, 0.3) is 11.0 Å². The second-order valence-corrected chi connectivity index (χ2v) is 6.87. The molecule has 1 aliphatic carbocycles. The molecule has 4 nitrogen and oxygen atoms in total. The fourth-order valence-electron chi connectivity index (χ4n) is 4.35. The molecule has 5 rings (SSSR count). The SMILES string of the molecule is C[C@@H]1C(=O)[C@H]2CN(c3ccccc3)C(=O)[C@H]2c2oc3ccccc3c21. The van der Waals surface area contributed by atoms with Crippen LogP contribution in [0.4, 0.5) is 5.69 Å². The second kappa shape index (κ2) is 5.06. The van der Waals surface area contributed by atoms with Gasteiger partial charge in [-0.3, -0.25) is 9.59 Å². The van der Waals surface area contributed by atoms with Crippen molar-refractivity contribution in [3.05, 3.63) is 65.9 Å². The molecular formula is C21H17NO3. The van der Waals surface area contributed by atoms with Crippen molar-refractivity contribution in [2.45, 2.75) is 18.8 Å². The number of rotatable bonds is 1. The fourth-order valence-corrected chi connectivity index (χ4v) is 4.35. The highest BCUT2D eigenvalue weighted by molar-refractivity contribution is 6.09. The van der Waals surface area contributed by atoms with Crippen LogP contribution in [0, 0.1) is 5.92 Å². The Morgan fingerprint density at radius 2 is 1.72 bits per heavy atom. The number of nitrogens with zero attached hydrogens (tertiary/aromatic N) is 1. The molecule has 0 radical (unpaired) electrons. The molecule has 0 unspecified atom stereocenters. The molecule has 0 bridgehead atoms. The summed E-state index contributed by atoms with van der Waals surface area (Å²) < 4.78 is 6.08. The van der Waals surface area contributed by atoms with E-state index in [2.05, 4.69) is 0 Å². The summed E-state index contributed by atoms with van der Waals surface area (Å²) in [7, 11) is 0. The number of hydrogen-bond donors (Lipinski definition) is 0. The van der Waals surface area contributed by atoms with Crippen LogP contribution < -0.4 is 4.90 Å². The zero-order valence-electron chi connectivity index (χ0n) is 13.8. The summed E-state index contributed by atoms with van der Waals surface area (Å²) in [5, 5.41) is 0.947. The second-order valence-electron chi connectivity index (χ2n) is 6.87. The number of anilines is 1. The normalized spacial score (nSPS) is 25.3. The van der Waals surface area contributed by atoms with Gasteiger partial charge in [0.25, 0.3) is 0 Å². The van der Waals surface area contributed by atoms with E-state index >= 15 is 0 Å². The average molecular weight is 331 g/mol. The van der Waals surface area contributed by atoms with E-state index in [9.17, 15) is 9.59 Å². The molecule has 3 aromatic rings. The van der Waals surface area contributed by atoms with Crippen LogP contribution in [0.2, 0.25) is 0 Å². The minimum Gasteiger partial charge on any atom is -0.460 e. The molecule has 2 aromatic carbocycles. The number of fused-ring (bicyclic) bond motifs is 5. The van der Waals surface area contributed by atoms with E-state index < -0.39 is 5.92 Å². The van der Waals surface area contributed by atoms with Gasteiger partial charge in [-0.05, 0) is 18.2 Å². The van der Waals surface area contributed by atoms with Crippen LogP contribution in [-0.2, 0) is 9.59 Å². The van der Waals surface area contributed by atoms with Gasteiger partial charge >= 0.3 is 0 Å². The first-order valence-corrected chi connectivity index (χ1v) is 8.58. The maximum atomic E-state index is 13.1. The quantitative estimate of drug-likeness (QED) is 0.680. The molecular weight excluding hydrogens is 314 g/mol. The first-order chi connectivity index (χ1) is 12.2. The van der Waals surface area contributed by atoms with Crippen molar-refractivity contribution in [1.82, 2.24) is 0 Å². The van der Waals surface area contributed by atoms with Gasteiger partial charge < -0.3 is 9.32 Å². The van der Waals surface area contributed by atoms with Gasteiger partial charge in [0.2, 0.25) is 5.91 Å². The molecule has 2 heterocycles. The smallest absolute Gasteiger partial charge is 0.238 e. The van der Waals surface area contributed by atoms with E-state index in [1.165, 1.54) is 0 Å². The first kappa shape index (κ1) is 14.5. The highest BCUT2D eigenvalue weighted by atomic mass is 16.3. The van der Waals surface area contributed by atoms with Crippen LogP contribution in [0.3, 0.4) is 0 Å². The third-order valence-electron chi connectivity index (χ3n) is 5.55. The highest BCUT2D eigenvalue weighted by Gasteiger charge is 2.53. The minimum atomic E-state index is -0.508. The number of hydrogen-bond acceptors (Lipinski definition) is 3. The zero-order chi connectivity index (χ0) is 17.1. The molecule has 1 aromatic heterocycles. The van der Waals surface area contributed by atoms with Crippen molar-refractivity contribution in [2.75, 3.05) is 11.4 Å². The Balaban J connectivity index is 1.69. The van der Waals surface area contributed by atoms with Crippen molar-refractivity contribution < 1.29 is 14.0 Å². The van der Waals surface area contributed by atoms with Crippen molar-refractivity contribution in [2.24, 2.45) is 5.92 Å². The van der Waals surface area contributed by atoms with Crippen LogP contribution in [0.15, 0.2) is 59.0 Å². The summed E-state index contributed by atoms with van der Waals surface area (Å²) in [6.45, 7) is 2.35. The fraction of sp³-hybridized carbons (Fsp3) is 0.238. The zero-order valence-corrected chi connectivity index (χ0v) is 13.8. The molecule has 3 atom stereocenters. The van der Waals surface area contributed by atoms with E-state index in [4.69, 9.17) is 4.42 Å². The Morgan fingerprint density at radius 3 is 2.52 bits per heavy atom.